The summed E-state index contributed by atoms with van der Waals surface area (Å²) in [5.41, 5.74) is 0. The number of nitrogens with zero attached hydrogens (tertiary/aromatic N) is 2. The van der Waals surface area contributed by atoms with Crippen LogP contribution in [0.3, 0.4) is 0 Å². The Morgan fingerprint density at radius 2 is 2.00 bits per heavy atom. The molecule has 0 saturated carbocycles. The van der Waals surface area contributed by atoms with Crippen LogP contribution in [0.25, 0.3) is 0 Å². The highest BCUT2D eigenvalue weighted by atomic mass is 32.2. The monoisotopic (exact) mass is 270 g/mol. The molecule has 0 fully saturated rings. The summed E-state index contributed by atoms with van der Waals surface area (Å²) in [5.74, 6) is 2.09. The second-order valence-electron chi connectivity index (χ2n) is 4.15. The predicted octanol–water partition coefficient (Wildman–Crippen LogP) is 2.06. The first-order valence-corrected chi connectivity index (χ1v) is 7.43. The van der Waals surface area contributed by atoms with Crippen molar-refractivity contribution in [2.24, 2.45) is 5.92 Å². The number of anilines is 2. The predicted molar refractivity (Wildman–Crippen MR) is 77.3 cm³/mol. The van der Waals surface area contributed by atoms with Gasteiger partial charge in [0.05, 0.1) is 0 Å². The van der Waals surface area contributed by atoms with Gasteiger partial charge in [0.15, 0.2) is 5.16 Å². The van der Waals surface area contributed by atoms with Crippen molar-refractivity contribution >= 4 is 23.4 Å². The average molecular weight is 270 g/mol. The van der Waals surface area contributed by atoms with Crippen molar-refractivity contribution < 1.29 is 5.11 Å². The summed E-state index contributed by atoms with van der Waals surface area (Å²) < 4.78 is 0. The van der Waals surface area contributed by atoms with Gasteiger partial charge in [-0.25, -0.2) is 9.97 Å². The van der Waals surface area contributed by atoms with E-state index in [2.05, 4.69) is 27.5 Å². The third-order valence-corrected chi connectivity index (χ3v) is 3.05. The van der Waals surface area contributed by atoms with Gasteiger partial charge in [0.2, 0.25) is 0 Å². The zero-order chi connectivity index (χ0) is 13.4. The van der Waals surface area contributed by atoms with E-state index in [1.165, 1.54) is 11.8 Å². The Bertz CT molecular complexity index is 362. The molecule has 0 saturated heterocycles. The standard InChI is InChI=1S/C12H22N4OS/c1-4-13-10-7-11(16-12(15-10)18-3)14-8-9(2)5-6-17/h7,9,17H,4-6,8H2,1-3H3,(H2,13,14,15,16). The number of hydrogen-bond acceptors (Lipinski definition) is 6. The van der Waals surface area contributed by atoms with E-state index in [-0.39, 0.29) is 6.61 Å². The minimum absolute atomic E-state index is 0.228. The molecule has 6 heteroatoms. The molecule has 1 unspecified atom stereocenters. The van der Waals surface area contributed by atoms with Gasteiger partial charge in [-0.15, -0.1) is 0 Å². The molecular formula is C12H22N4OS. The van der Waals surface area contributed by atoms with E-state index in [9.17, 15) is 0 Å². The van der Waals surface area contributed by atoms with Gasteiger partial charge in [0.1, 0.15) is 11.6 Å². The molecule has 1 aromatic rings. The molecule has 0 bridgehead atoms. The van der Waals surface area contributed by atoms with Gasteiger partial charge in [0.25, 0.3) is 0 Å². The Kier molecular flexibility index (Phi) is 6.82. The lowest BCUT2D eigenvalue weighted by Gasteiger charge is -2.13. The van der Waals surface area contributed by atoms with Crippen LogP contribution in [-0.4, -0.2) is 41.0 Å². The minimum Gasteiger partial charge on any atom is -0.396 e. The number of aromatic nitrogens is 2. The summed E-state index contributed by atoms with van der Waals surface area (Å²) in [6.07, 6.45) is 2.76. The Morgan fingerprint density at radius 1 is 1.33 bits per heavy atom. The minimum atomic E-state index is 0.228. The first-order chi connectivity index (χ1) is 8.69. The fourth-order valence-electron chi connectivity index (χ4n) is 1.48. The lowest BCUT2D eigenvalue weighted by Crippen LogP contribution is -2.14. The molecule has 0 aliphatic heterocycles. The van der Waals surface area contributed by atoms with Crippen molar-refractivity contribution in [3.05, 3.63) is 6.07 Å². The second kappa shape index (κ2) is 8.16. The van der Waals surface area contributed by atoms with Crippen molar-refractivity contribution in [2.45, 2.75) is 25.4 Å². The SMILES string of the molecule is CCNc1cc(NCC(C)CCO)nc(SC)n1. The summed E-state index contributed by atoms with van der Waals surface area (Å²) >= 11 is 1.53. The lowest BCUT2D eigenvalue weighted by atomic mass is 10.1. The van der Waals surface area contributed by atoms with Crippen LogP contribution in [0.15, 0.2) is 11.2 Å². The van der Waals surface area contributed by atoms with Crippen LogP contribution in [-0.2, 0) is 0 Å². The van der Waals surface area contributed by atoms with Crippen molar-refractivity contribution in [3.63, 3.8) is 0 Å². The van der Waals surface area contributed by atoms with E-state index in [1.54, 1.807) is 0 Å². The highest BCUT2D eigenvalue weighted by Gasteiger charge is 2.05. The molecule has 0 aromatic carbocycles. The lowest BCUT2D eigenvalue weighted by molar-refractivity contribution is 0.266. The molecular weight excluding hydrogens is 248 g/mol. The van der Waals surface area contributed by atoms with Crippen LogP contribution in [0, 0.1) is 5.92 Å². The first-order valence-electron chi connectivity index (χ1n) is 6.21. The van der Waals surface area contributed by atoms with Gasteiger partial charge in [-0.3, -0.25) is 0 Å². The van der Waals surface area contributed by atoms with Gasteiger partial charge in [0, 0.05) is 25.8 Å². The van der Waals surface area contributed by atoms with E-state index in [4.69, 9.17) is 5.11 Å². The van der Waals surface area contributed by atoms with Crippen molar-refractivity contribution in [1.82, 2.24) is 9.97 Å². The van der Waals surface area contributed by atoms with E-state index in [0.717, 1.165) is 36.3 Å². The molecule has 3 N–H and O–H groups in total. The maximum atomic E-state index is 8.86. The summed E-state index contributed by atoms with van der Waals surface area (Å²) in [6.45, 7) is 6.01. The third-order valence-electron chi connectivity index (χ3n) is 2.50. The fraction of sp³-hybridized carbons (Fsp3) is 0.667. The second-order valence-corrected chi connectivity index (χ2v) is 4.93. The number of rotatable bonds is 8. The van der Waals surface area contributed by atoms with Gasteiger partial charge in [-0.1, -0.05) is 18.7 Å². The Hall–Kier alpha value is -1.01. The molecule has 102 valence electrons. The Balaban J connectivity index is 2.65. The average Bonchev–Trinajstić information content (AvgIpc) is 2.37. The quantitative estimate of drug-likeness (QED) is 0.496. The van der Waals surface area contributed by atoms with Gasteiger partial charge < -0.3 is 15.7 Å². The van der Waals surface area contributed by atoms with Crippen molar-refractivity contribution in [2.75, 3.05) is 36.6 Å². The van der Waals surface area contributed by atoms with Crippen molar-refractivity contribution in [1.29, 1.82) is 0 Å². The maximum absolute atomic E-state index is 8.86. The van der Waals surface area contributed by atoms with Crippen LogP contribution in [0.5, 0.6) is 0 Å². The van der Waals surface area contributed by atoms with Crippen LogP contribution < -0.4 is 10.6 Å². The Morgan fingerprint density at radius 3 is 2.56 bits per heavy atom. The maximum Gasteiger partial charge on any atom is 0.191 e. The third kappa shape index (κ3) is 5.10. The van der Waals surface area contributed by atoms with Crippen LogP contribution in [0.4, 0.5) is 11.6 Å². The molecule has 0 aliphatic rings. The van der Waals surface area contributed by atoms with Gasteiger partial charge >= 0.3 is 0 Å². The summed E-state index contributed by atoms with van der Waals surface area (Å²) in [6, 6.07) is 1.91. The number of thioether (sulfide) groups is 1. The molecule has 0 radical (unpaired) electrons. The molecule has 1 atom stereocenters. The fourth-order valence-corrected chi connectivity index (χ4v) is 1.86. The normalized spacial score (nSPS) is 12.2. The first kappa shape index (κ1) is 15.0. The Labute approximate surface area is 113 Å². The van der Waals surface area contributed by atoms with Crippen molar-refractivity contribution in [3.8, 4) is 0 Å². The van der Waals surface area contributed by atoms with E-state index >= 15 is 0 Å². The highest BCUT2D eigenvalue weighted by Crippen LogP contribution is 2.17. The van der Waals surface area contributed by atoms with Crippen LogP contribution in [0.1, 0.15) is 20.3 Å². The van der Waals surface area contributed by atoms with E-state index < -0.39 is 0 Å². The molecule has 18 heavy (non-hydrogen) atoms. The number of nitrogens with one attached hydrogen (secondary N) is 2. The molecule has 1 aromatic heterocycles. The molecule has 1 heterocycles. The number of hydrogen-bond donors (Lipinski definition) is 3. The topological polar surface area (TPSA) is 70.1 Å². The highest BCUT2D eigenvalue weighted by molar-refractivity contribution is 7.98. The smallest absolute Gasteiger partial charge is 0.191 e. The summed E-state index contributed by atoms with van der Waals surface area (Å²) in [7, 11) is 0. The number of aliphatic hydroxyl groups excluding tert-OH is 1. The molecule has 1 rings (SSSR count). The van der Waals surface area contributed by atoms with Gasteiger partial charge in [-0.05, 0) is 25.5 Å². The molecule has 0 aliphatic carbocycles. The largest absolute Gasteiger partial charge is 0.396 e. The van der Waals surface area contributed by atoms with Gasteiger partial charge in [-0.2, -0.15) is 0 Å². The van der Waals surface area contributed by atoms with E-state index in [0.29, 0.717) is 5.92 Å². The molecule has 5 nitrogen and oxygen atoms in total. The zero-order valence-corrected chi connectivity index (χ0v) is 12.0. The summed E-state index contributed by atoms with van der Waals surface area (Å²) in [4.78, 5) is 8.77. The molecule has 0 amide bonds. The zero-order valence-electron chi connectivity index (χ0n) is 11.2. The van der Waals surface area contributed by atoms with E-state index in [1.807, 2.05) is 19.2 Å². The van der Waals surface area contributed by atoms with Crippen LogP contribution in [0.2, 0.25) is 0 Å². The van der Waals surface area contributed by atoms with Crippen LogP contribution >= 0.6 is 11.8 Å². The molecule has 0 spiro atoms. The number of aliphatic hydroxyl groups is 1. The summed E-state index contributed by atoms with van der Waals surface area (Å²) in [5, 5.41) is 16.1.